The second-order valence-corrected chi connectivity index (χ2v) is 11.7. The summed E-state index contributed by atoms with van der Waals surface area (Å²) in [5.74, 6) is 2.43. The normalized spacial score (nSPS) is 17.2. The largest absolute Gasteiger partial charge is 0.331 e. The van der Waals surface area contributed by atoms with Crippen LogP contribution in [0.25, 0.3) is 11.0 Å². The van der Waals surface area contributed by atoms with Crippen molar-refractivity contribution in [2.75, 3.05) is 19.6 Å². The van der Waals surface area contributed by atoms with E-state index in [0.29, 0.717) is 12.5 Å². The second kappa shape index (κ2) is 12.3. The third-order valence-corrected chi connectivity index (χ3v) is 8.00. The molecule has 1 aromatic heterocycles. The molecule has 1 aliphatic heterocycles. The number of nitrogens with zero attached hydrogens (tertiary/aromatic N) is 4. The van der Waals surface area contributed by atoms with Crippen LogP contribution in [-0.2, 0) is 19.6 Å². The van der Waals surface area contributed by atoms with Crippen molar-refractivity contribution in [3.05, 3.63) is 65.5 Å². The number of benzene rings is 2. The number of likely N-dealkylation sites (tertiary alicyclic amines) is 1. The highest BCUT2D eigenvalue weighted by Gasteiger charge is 2.26. The van der Waals surface area contributed by atoms with Crippen LogP contribution >= 0.6 is 0 Å². The highest BCUT2D eigenvalue weighted by Crippen LogP contribution is 2.33. The van der Waals surface area contributed by atoms with E-state index in [9.17, 15) is 4.79 Å². The lowest BCUT2D eigenvalue weighted by Crippen LogP contribution is -2.33. The molecule has 3 aromatic rings. The zero-order valence-electron chi connectivity index (χ0n) is 22.9. The maximum atomic E-state index is 13.9. The van der Waals surface area contributed by atoms with E-state index < -0.39 is 0 Å². The van der Waals surface area contributed by atoms with Gasteiger partial charge in [0, 0.05) is 25.2 Å². The molecule has 5 rings (SSSR count). The van der Waals surface area contributed by atoms with Gasteiger partial charge in [-0.2, -0.15) is 0 Å². The van der Waals surface area contributed by atoms with Crippen LogP contribution in [0, 0.1) is 11.8 Å². The molecule has 0 spiro atoms. The summed E-state index contributed by atoms with van der Waals surface area (Å²) in [4.78, 5) is 23.6. The van der Waals surface area contributed by atoms with E-state index in [-0.39, 0.29) is 5.91 Å². The predicted octanol–water partition coefficient (Wildman–Crippen LogP) is 6.90. The van der Waals surface area contributed by atoms with Crippen LogP contribution < -0.4 is 0 Å². The van der Waals surface area contributed by atoms with E-state index in [0.717, 1.165) is 62.0 Å². The maximum Gasteiger partial charge on any atom is 0.254 e. The molecule has 0 N–H and O–H groups in total. The summed E-state index contributed by atoms with van der Waals surface area (Å²) < 4.78 is 2.38. The van der Waals surface area contributed by atoms with E-state index in [1.54, 1.807) is 0 Å². The summed E-state index contributed by atoms with van der Waals surface area (Å²) in [6, 6.07) is 16.8. The quantitative estimate of drug-likeness (QED) is 0.304. The lowest BCUT2D eigenvalue weighted by molar-refractivity contribution is 0.0729. The molecule has 0 bridgehead atoms. The van der Waals surface area contributed by atoms with E-state index in [2.05, 4.69) is 65.8 Å². The van der Waals surface area contributed by atoms with Crippen molar-refractivity contribution in [2.24, 2.45) is 11.8 Å². The minimum atomic E-state index is 0.125. The number of amides is 1. The summed E-state index contributed by atoms with van der Waals surface area (Å²) in [5, 5.41) is 0. The van der Waals surface area contributed by atoms with Crippen LogP contribution in [0.2, 0.25) is 0 Å². The van der Waals surface area contributed by atoms with Gasteiger partial charge in [-0.15, -0.1) is 0 Å². The fourth-order valence-electron chi connectivity index (χ4n) is 5.56. The molecule has 1 saturated carbocycles. The van der Waals surface area contributed by atoms with Gasteiger partial charge in [0.1, 0.15) is 5.82 Å². The van der Waals surface area contributed by atoms with Gasteiger partial charge in [0.05, 0.1) is 17.6 Å². The highest BCUT2D eigenvalue weighted by atomic mass is 16.2. The molecule has 5 heteroatoms. The average molecular weight is 501 g/mol. The van der Waals surface area contributed by atoms with Gasteiger partial charge in [0.2, 0.25) is 0 Å². The summed E-state index contributed by atoms with van der Waals surface area (Å²) in [6.07, 6.45) is 10.2. The molecule has 37 heavy (non-hydrogen) atoms. The zero-order chi connectivity index (χ0) is 25.6. The minimum Gasteiger partial charge on any atom is -0.331 e. The topological polar surface area (TPSA) is 41.4 Å². The van der Waals surface area contributed by atoms with Crippen molar-refractivity contribution in [1.29, 1.82) is 0 Å². The van der Waals surface area contributed by atoms with E-state index in [1.807, 2.05) is 11.0 Å². The van der Waals surface area contributed by atoms with Gasteiger partial charge in [-0.05, 0) is 86.9 Å². The van der Waals surface area contributed by atoms with Crippen molar-refractivity contribution in [1.82, 2.24) is 19.4 Å². The highest BCUT2D eigenvalue weighted by molar-refractivity contribution is 5.94. The molecule has 2 fully saturated rings. The van der Waals surface area contributed by atoms with E-state index >= 15 is 0 Å². The van der Waals surface area contributed by atoms with Crippen LogP contribution in [0.3, 0.4) is 0 Å². The Labute approximate surface area is 222 Å². The van der Waals surface area contributed by atoms with Crippen LogP contribution in [-0.4, -0.2) is 44.9 Å². The number of carbonyl (C=O) groups is 1. The Bertz CT molecular complexity index is 1170. The second-order valence-electron chi connectivity index (χ2n) is 11.7. The van der Waals surface area contributed by atoms with Crippen LogP contribution in [0.4, 0.5) is 0 Å². The Morgan fingerprint density at radius 3 is 2.51 bits per heavy atom. The number of hydrogen-bond donors (Lipinski definition) is 0. The van der Waals surface area contributed by atoms with Gasteiger partial charge in [-0.1, -0.05) is 57.4 Å². The van der Waals surface area contributed by atoms with Crippen molar-refractivity contribution in [3.8, 4) is 0 Å². The number of imidazole rings is 1. The standard InChI is InChI=1S/C32H44N4O/c1-25(2)17-20-35(24-31-33-29-13-6-7-14-30(29)36(31)23-26-15-16-26)32(37)28-12-10-11-27(21-28)22-34-18-8-4-3-5-9-19-34/h6-7,10-14,21,25-26H,3-5,8-9,15-20,22-24H2,1-2H3. The van der Waals surface area contributed by atoms with Crippen LogP contribution in [0.15, 0.2) is 48.5 Å². The molecule has 2 aliphatic rings. The maximum absolute atomic E-state index is 13.9. The summed E-state index contributed by atoms with van der Waals surface area (Å²) in [6.45, 7) is 10.0. The number of carbonyl (C=O) groups excluding carboxylic acids is 1. The Kier molecular flexibility index (Phi) is 8.60. The molecule has 1 saturated heterocycles. The molecule has 1 amide bonds. The van der Waals surface area contributed by atoms with Gasteiger partial charge >= 0.3 is 0 Å². The number of hydrogen-bond acceptors (Lipinski definition) is 3. The first-order valence-corrected chi connectivity index (χ1v) is 14.6. The molecule has 0 radical (unpaired) electrons. The number of para-hydroxylation sites is 2. The smallest absolute Gasteiger partial charge is 0.254 e. The Balaban J connectivity index is 1.36. The van der Waals surface area contributed by atoms with Gasteiger partial charge in [-0.3, -0.25) is 9.69 Å². The minimum absolute atomic E-state index is 0.125. The van der Waals surface area contributed by atoms with Crippen molar-refractivity contribution < 1.29 is 4.79 Å². The molecular formula is C32H44N4O. The average Bonchev–Trinajstić information content (AvgIpc) is 3.64. The first-order valence-electron chi connectivity index (χ1n) is 14.6. The number of fused-ring (bicyclic) bond motifs is 1. The number of aromatic nitrogens is 2. The van der Waals surface area contributed by atoms with E-state index in [1.165, 1.54) is 56.0 Å². The van der Waals surface area contributed by atoms with Gasteiger partial charge in [-0.25, -0.2) is 4.98 Å². The fraction of sp³-hybridized carbons (Fsp3) is 0.562. The van der Waals surface area contributed by atoms with Crippen molar-refractivity contribution in [2.45, 2.75) is 84.8 Å². The lowest BCUT2D eigenvalue weighted by atomic mass is 10.1. The van der Waals surface area contributed by atoms with Gasteiger partial charge < -0.3 is 9.47 Å². The molecule has 2 heterocycles. The Morgan fingerprint density at radius 2 is 1.76 bits per heavy atom. The lowest BCUT2D eigenvalue weighted by Gasteiger charge is -2.26. The third kappa shape index (κ3) is 7.01. The summed E-state index contributed by atoms with van der Waals surface area (Å²) in [7, 11) is 0. The molecule has 2 aromatic carbocycles. The third-order valence-electron chi connectivity index (χ3n) is 8.00. The summed E-state index contributed by atoms with van der Waals surface area (Å²) >= 11 is 0. The van der Waals surface area contributed by atoms with Gasteiger partial charge in [0.15, 0.2) is 0 Å². The first-order chi connectivity index (χ1) is 18.1. The number of rotatable bonds is 10. The molecule has 198 valence electrons. The molecule has 0 atom stereocenters. The molecular weight excluding hydrogens is 456 g/mol. The molecule has 5 nitrogen and oxygen atoms in total. The summed E-state index contributed by atoms with van der Waals surface area (Å²) in [5.41, 5.74) is 4.27. The van der Waals surface area contributed by atoms with Crippen molar-refractivity contribution >= 4 is 16.9 Å². The Hall–Kier alpha value is -2.66. The zero-order valence-corrected chi connectivity index (χ0v) is 22.9. The molecule has 0 unspecified atom stereocenters. The van der Waals surface area contributed by atoms with Crippen molar-refractivity contribution in [3.63, 3.8) is 0 Å². The van der Waals surface area contributed by atoms with Crippen LogP contribution in [0.1, 0.15) is 87.0 Å². The first kappa shape index (κ1) is 26.0. The predicted molar refractivity (Wildman–Crippen MR) is 151 cm³/mol. The van der Waals surface area contributed by atoms with E-state index in [4.69, 9.17) is 4.98 Å². The van der Waals surface area contributed by atoms with Crippen LogP contribution in [0.5, 0.6) is 0 Å². The van der Waals surface area contributed by atoms with Gasteiger partial charge in [0.25, 0.3) is 5.91 Å². The SMILES string of the molecule is CC(C)CCN(Cc1nc2ccccc2n1CC1CC1)C(=O)c1cccc(CN2CCCCCCC2)c1. The molecule has 1 aliphatic carbocycles. The monoisotopic (exact) mass is 500 g/mol. The Morgan fingerprint density at radius 1 is 1.00 bits per heavy atom. The fourth-order valence-corrected chi connectivity index (χ4v) is 5.56.